The number of nitrogens with one attached hydrogen (secondary N) is 1. The third kappa shape index (κ3) is 4.30. The number of benzene rings is 1. The normalized spacial score (nSPS) is 17.2. The van der Waals surface area contributed by atoms with Crippen molar-refractivity contribution >= 4 is 5.84 Å². The number of hydrogen-bond acceptors (Lipinski definition) is 4. The first kappa shape index (κ1) is 15.0. The van der Waals surface area contributed by atoms with Crippen molar-refractivity contribution in [3.63, 3.8) is 0 Å². The fourth-order valence-electron chi connectivity index (χ4n) is 2.50. The average molecular weight is 277 g/mol. The number of amidine groups is 1. The van der Waals surface area contributed by atoms with Gasteiger partial charge < -0.3 is 15.6 Å². The first-order valence-electron chi connectivity index (χ1n) is 7.07. The van der Waals surface area contributed by atoms with Crippen LogP contribution in [-0.2, 0) is 11.3 Å². The van der Waals surface area contributed by atoms with Gasteiger partial charge in [0.15, 0.2) is 0 Å². The molecular formula is C15H23N3O2. The van der Waals surface area contributed by atoms with Crippen LogP contribution in [0.15, 0.2) is 24.3 Å². The molecule has 0 aliphatic carbocycles. The number of aliphatic hydroxyl groups is 1. The zero-order valence-electron chi connectivity index (χ0n) is 11.7. The number of nitrogens with two attached hydrogens (primary N) is 1. The maximum absolute atomic E-state index is 8.75. The average Bonchev–Trinajstić information content (AvgIpc) is 2.47. The van der Waals surface area contributed by atoms with E-state index in [1.807, 2.05) is 24.3 Å². The summed E-state index contributed by atoms with van der Waals surface area (Å²) in [6.07, 6.45) is 2.33. The second-order valence-electron chi connectivity index (χ2n) is 5.18. The number of ether oxygens (including phenoxy) is 1. The van der Waals surface area contributed by atoms with Crippen molar-refractivity contribution in [1.82, 2.24) is 4.90 Å². The molecule has 4 N–H and O–H groups in total. The third-order valence-corrected chi connectivity index (χ3v) is 3.65. The monoisotopic (exact) mass is 277 g/mol. The predicted molar refractivity (Wildman–Crippen MR) is 78.8 cm³/mol. The van der Waals surface area contributed by atoms with Crippen molar-refractivity contribution in [3.8, 4) is 0 Å². The van der Waals surface area contributed by atoms with Crippen LogP contribution in [-0.4, -0.2) is 48.2 Å². The highest BCUT2D eigenvalue weighted by Crippen LogP contribution is 2.16. The summed E-state index contributed by atoms with van der Waals surface area (Å²) in [5.74, 6) is 0.110. The summed E-state index contributed by atoms with van der Waals surface area (Å²) in [4.78, 5) is 2.40. The fraction of sp³-hybridized carbons (Fsp3) is 0.533. The standard InChI is InChI=1S/C15H23N3O2/c16-15(17)13-3-1-12(2-4-13)11-18-7-5-14(6-8-18)20-10-9-19/h1-4,14,19H,5-11H2,(H3,16,17). The van der Waals surface area contributed by atoms with E-state index in [1.165, 1.54) is 5.56 Å². The lowest BCUT2D eigenvalue weighted by Gasteiger charge is -2.31. The molecule has 1 fully saturated rings. The van der Waals surface area contributed by atoms with E-state index in [9.17, 15) is 0 Å². The summed E-state index contributed by atoms with van der Waals surface area (Å²) in [7, 11) is 0. The molecule has 1 aliphatic heterocycles. The summed E-state index contributed by atoms with van der Waals surface area (Å²) in [5.41, 5.74) is 7.45. The van der Waals surface area contributed by atoms with Crippen molar-refractivity contribution in [1.29, 1.82) is 5.41 Å². The van der Waals surface area contributed by atoms with E-state index in [-0.39, 0.29) is 12.4 Å². The summed E-state index contributed by atoms with van der Waals surface area (Å²) in [6, 6.07) is 7.86. The van der Waals surface area contributed by atoms with Gasteiger partial charge in [-0.05, 0) is 18.4 Å². The lowest BCUT2D eigenvalue weighted by atomic mass is 10.1. The molecule has 1 aromatic rings. The van der Waals surface area contributed by atoms with Crippen LogP contribution in [0.25, 0.3) is 0 Å². The molecule has 0 amide bonds. The molecule has 110 valence electrons. The molecule has 1 saturated heterocycles. The minimum absolute atomic E-state index is 0.0999. The molecule has 5 heteroatoms. The molecule has 0 radical (unpaired) electrons. The largest absolute Gasteiger partial charge is 0.394 e. The molecule has 0 spiro atoms. The molecule has 1 aromatic carbocycles. The number of piperidine rings is 1. The smallest absolute Gasteiger partial charge is 0.122 e. The van der Waals surface area contributed by atoms with E-state index in [1.54, 1.807) is 0 Å². The third-order valence-electron chi connectivity index (χ3n) is 3.65. The van der Waals surface area contributed by atoms with Gasteiger partial charge in [-0.25, -0.2) is 0 Å². The Morgan fingerprint density at radius 2 is 1.95 bits per heavy atom. The van der Waals surface area contributed by atoms with Crippen molar-refractivity contribution < 1.29 is 9.84 Å². The number of nitrogens with zero attached hydrogens (tertiary/aromatic N) is 1. The summed E-state index contributed by atoms with van der Waals surface area (Å²) >= 11 is 0. The van der Waals surface area contributed by atoms with E-state index in [0.29, 0.717) is 12.7 Å². The molecule has 0 aromatic heterocycles. The lowest BCUT2D eigenvalue weighted by molar-refractivity contribution is -0.00901. The van der Waals surface area contributed by atoms with Crippen LogP contribution >= 0.6 is 0 Å². The van der Waals surface area contributed by atoms with Gasteiger partial charge in [0.05, 0.1) is 19.3 Å². The molecule has 0 saturated carbocycles. The van der Waals surface area contributed by atoms with Gasteiger partial charge >= 0.3 is 0 Å². The highest BCUT2D eigenvalue weighted by Gasteiger charge is 2.19. The molecule has 20 heavy (non-hydrogen) atoms. The quantitative estimate of drug-likeness (QED) is 0.534. The zero-order valence-corrected chi connectivity index (χ0v) is 11.7. The van der Waals surface area contributed by atoms with Gasteiger partial charge in [-0.1, -0.05) is 24.3 Å². The second-order valence-corrected chi connectivity index (χ2v) is 5.18. The van der Waals surface area contributed by atoms with Crippen molar-refractivity contribution in [3.05, 3.63) is 35.4 Å². The number of rotatable bonds is 6. The molecular weight excluding hydrogens is 254 g/mol. The summed E-state index contributed by atoms with van der Waals surface area (Å²) in [6.45, 7) is 3.50. The molecule has 5 nitrogen and oxygen atoms in total. The van der Waals surface area contributed by atoms with Crippen molar-refractivity contribution in [2.45, 2.75) is 25.5 Å². The Kier molecular flexibility index (Phi) is 5.52. The van der Waals surface area contributed by atoms with E-state index in [4.69, 9.17) is 21.0 Å². The van der Waals surface area contributed by atoms with Gasteiger partial charge in [-0.15, -0.1) is 0 Å². The van der Waals surface area contributed by atoms with Gasteiger partial charge in [0.2, 0.25) is 0 Å². The fourth-order valence-corrected chi connectivity index (χ4v) is 2.50. The van der Waals surface area contributed by atoms with Gasteiger partial charge in [0, 0.05) is 25.2 Å². The van der Waals surface area contributed by atoms with E-state index < -0.39 is 0 Å². The molecule has 0 unspecified atom stereocenters. The predicted octanol–water partition coefficient (Wildman–Crippen LogP) is 0.944. The Hall–Kier alpha value is -1.43. The minimum Gasteiger partial charge on any atom is -0.394 e. The van der Waals surface area contributed by atoms with E-state index in [2.05, 4.69) is 4.90 Å². The highest BCUT2D eigenvalue weighted by atomic mass is 16.5. The van der Waals surface area contributed by atoms with Gasteiger partial charge in [-0.3, -0.25) is 10.3 Å². The van der Waals surface area contributed by atoms with E-state index >= 15 is 0 Å². The highest BCUT2D eigenvalue weighted by molar-refractivity contribution is 5.94. The first-order chi connectivity index (χ1) is 9.69. The first-order valence-corrected chi connectivity index (χ1v) is 7.07. The maximum Gasteiger partial charge on any atom is 0.122 e. The van der Waals surface area contributed by atoms with E-state index in [0.717, 1.165) is 38.0 Å². The summed E-state index contributed by atoms with van der Waals surface area (Å²) < 4.78 is 5.56. The number of aliphatic hydroxyl groups excluding tert-OH is 1. The van der Waals surface area contributed by atoms with Crippen molar-refractivity contribution in [2.24, 2.45) is 5.73 Å². The van der Waals surface area contributed by atoms with Gasteiger partial charge in [0.25, 0.3) is 0 Å². The molecule has 1 aliphatic rings. The summed E-state index contributed by atoms with van der Waals surface area (Å²) in [5, 5.41) is 16.1. The maximum atomic E-state index is 8.75. The molecule has 0 atom stereocenters. The zero-order chi connectivity index (χ0) is 14.4. The Morgan fingerprint density at radius 3 is 2.50 bits per heavy atom. The van der Waals surface area contributed by atoms with Crippen LogP contribution in [0.4, 0.5) is 0 Å². The molecule has 0 bridgehead atoms. The van der Waals surface area contributed by atoms with Gasteiger partial charge in [-0.2, -0.15) is 0 Å². The Labute approximate surface area is 119 Å². The second kappa shape index (κ2) is 7.38. The number of nitrogen functional groups attached to an aromatic ring is 1. The van der Waals surface area contributed by atoms with Crippen LogP contribution in [0.5, 0.6) is 0 Å². The number of hydrogen-bond donors (Lipinski definition) is 3. The van der Waals surface area contributed by atoms with Crippen LogP contribution < -0.4 is 5.73 Å². The topological polar surface area (TPSA) is 82.6 Å². The number of likely N-dealkylation sites (tertiary alicyclic amines) is 1. The minimum atomic E-state index is 0.0999. The Morgan fingerprint density at radius 1 is 1.30 bits per heavy atom. The molecule has 2 rings (SSSR count). The van der Waals surface area contributed by atoms with Crippen LogP contribution in [0, 0.1) is 5.41 Å². The molecule has 1 heterocycles. The lowest BCUT2D eigenvalue weighted by Crippen LogP contribution is -2.36. The van der Waals surface area contributed by atoms with Crippen LogP contribution in [0.3, 0.4) is 0 Å². The van der Waals surface area contributed by atoms with Crippen LogP contribution in [0.2, 0.25) is 0 Å². The van der Waals surface area contributed by atoms with Gasteiger partial charge in [0.1, 0.15) is 5.84 Å². The Balaban J connectivity index is 1.79. The van der Waals surface area contributed by atoms with Crippen molar-refractivity contribution in [2.75, 3.05) is 26.3 Å². The van der Waals surface area contributed by atoms with Crippen LogP contribution in [0.1, 0.15) is 24.0 Å². The SMILES string of the molecule is N=C(N)c1ccc(CN2CCC(OCCO)CC2)cc1. The Bertz CT molecular complexity index is 425.